The first-order valence-electron chi connectivity index (χ1n) is 8.17. The summed E-state index contributed by atoms with van der Waals surface area (Å²) in [6, 6.07) is 15.6. The second-order valence-corrected chi connectivity index (χ2v) is 5.97. The van der Waals surface area contributed by atoms with E-state index in [0.717, 1.165) is 5.56 Å². The Balaban J connectivity index is 1.64. The number of rotatable bonds is 6. The van der Waals surface area contributed by atoms with Gasteiger partial charge < -0.3 is 15.2 Å². The van der Waals surface area contributed by atoms with E-state index in [-0.39, 0.29) is 18.2 Å². The molecule has 6 heteroatoms. The summed E-state index contributed by atoms with van der Waals surface area (Å²) in [6.07, 6.45) is -0.550. The van der Waals surface area contributed by atoms with Crippen LogP contribution in [0.1, 0.15) is 18.1 Å². The molecular formula is C19H21N2O4+. The van der Waals surface area contributed by atoms with Crippen molar-refractivity contribution < 1.29 is 24.7 Å². The predicted molar refractivity (Wildman–Crippen MR) is 92.1 cm³/mol. The number of aliphatic hydroxyl groups is 1. The lowest BCUT2D eigenvalue weighted by molar-refractivity contribution is -0.681. The molecule has 3 rings (SSSR count). The Labute approximate surface area is 146 Å². The third-order valence-electron chi connectivity index (χ3n) is 4.34. The monoisotopic (exact) mass is 341 g/mol. The molecule has 6 nitrogen and oxygen atoms in total. The SMILES string of the molecule is COc1ccc(N2C(=O)C[C@@H]([NH2+]C[C@H](O)c3ccccc3)C2=O)cc1. The fourth-order valence-corrected chi connectivity index (χ4v) is 2.95. The van der Waals surface area contributed by atoms with Gasteiger partial charge in [0.2, 0.25) is 5.91 Å². The molecule has 0 radical (unpaired) electrons. The van der Waals surface area contributed by atoms with Crippen LogP contribution >= 0.6 is 0 Å². The van der Waals surface area contributed by atoms with E-state index in [1.54, 1.807) is 36.7 Å². The van der Waals surface area contributed by atoms with Gasteiger partial charge >= 0.3 is 0 Å². The molecule has 0 aromatic heterocycles. The van der Waals surface area contributed by atoms with Crippen molar-refractivity contribution in [3.63, 3.8) is 0 Å². The highest BCUT2D eigenvalue weighted by molar-refractivity contribution is 6.21. The molecular weight excluding hydrogens is 320 g/mol. The molecule has 0 unspecified atom stereocenters. The molecule has 1 aliphatic rings. The number of nitrogens with zero attached hydrogens (tertiary/aromatic N) is 1. The summed E-state index contributed by atoms with van der Waals surface area (Å²) in [6.45, 7) is 0.324. The maximum absolute atomic E-state index is 12.6. The number of carbonyl (C=O) groups excluding carboxylic acids is 2. The number of hydrogen-bond donors (Lipinski definition) is 2. The molecule has 3 N–H and O–H groups in total. The van der Waals surface area contributed by atoms with Gasteiger partial charge in [0.1, 0.15) is 18.4 Å². The van der Waals surface area contributed by atoms with Crippen LogP contribution in [0.15, 0.2) is 54.6 Å². The van der Waals surface area contributed by atoms with E-state index in [9.17, 15) is 14.7 Å². The number of nitrogens with two attached hydrogens (primary N) is 1. The number of ether oxygens (including phenoxy) is 1. The number of anilines is 1. The van der Waals surface area contributed by atoms with Gasteiger partial charge in [-0.1, -0.05) is 30.3 Å². The fraction of sp³-hybridized carbons (Fsp3) is 0.263. The lowest BCUT2D eigenvalue weighted by Crippen LogP contribution is -2.92. The van der Waals surface area contributed by atoms with Crippen LogP contribution in [0.5, 0.6) is 5.75 Å². The Morgan fingerprint density at radius 2 is 1.84 bits per heavy atom. The minimum absolute atomic E-state index is 0.131. The van der Waals surface area contributed by atoms with Gasteiger partial charge in [-0.05, 0) is 29.8 Å². The lowest BCUT2D eigenvalue weighted by atomic mass is 10.1. The molecule has 0 bridgehead atoms. The van der Waals surface area contributed by atoms with Crippen molar-refractivity contribution in [3.05, 3.63) is 60.2 Å². The molecule has 130 valence electrons. The normalized spacial score (nSPS) is 18.5. The molecule has 2 aromatic rings. The van der Waals surface area contributed by atoms with Crippen molar-refractivity contribution in [1.82, 2.24) is 0 Å². The topological polar surface area (TPSA) is 83.4 Å². The maximum Gasteiger partial charge on any atom is 0.292 e. The van der Waals surface area contributed by atoms with E-state index in [0.29, 0.717) is 18.0 Å². The first-order chi connectivity index (χ1) is 12.1. The van der Waals surface area contributed by atoms with Gasteiger partial charge in [-0.2, -0.15) is 0 Å². The molecule has 1 saturated heterocycles. The summed E-state index contributed by atoms with van der Waals surface area (Å²) in [7, 11) is 1.56. The smallest absolute Gasteiger partial charge is 0.292 e. The van der Waals surface area contributed by atoms with Gasteiger partial charge in [0.25, 0.3) is 5.91 Å². The average Bonchev–Trinajstić information content (AvgIpc) is 2.94. The quantitative estimate of drug-likeness (QED) is 0.755. The Morgan fingerprint density at radius 3 is 2.48 bits per heavy atom. The highest BCUT2D eigenvalue weighted by atomic mass is 16.5. The van der Waals surface area contributed by atoms with Crippen LogP contribution < -0.4 is 15.0 Å². The number of methoxy groups -OCH3 is 1. The first kappa shape index (κ1) is 17.1. The summed E-state index contributed by atoms with van der Waals surface area (Å²) in [5, 5.41) is 12.0. The molecule has 1 fully saturated rings. The van der Waals surface area contributed by atoms with Gasteiger partial charge in [-0.25, -0.2) is 4.90 Å². The molecule has 1 aliphatic heterocycles. The van der Waals surface area contributed by atoms with Crippen LogP contribution in [0.3, 0.4) is 0 Å². The molecule has 0 saturated carbocycles. The van der Waals surface area contributed by atoms with Crippen LogP contribution in [-0.4, -0.2) is 36.6 Å². The third kappa shape index (κ3) is 3.70. The Hall–Kier alpha value is -2.70. The third-order valence-corrected chi connectivity index (χ3v) is 4.34. The zero-order valence-corrected chi connectivity index (χ0v) is 14.0. The van der Waals surface area contributed by atoms with E-state index in [4.69, 9.17) is 4.74 Å². The highest BCUT2D eigenvalue weighted by Gasteiger charge is 2.42. The van der Waals surface area contributed by atoms with Crippen LogP contribution in [0.25, 0.3) is 0 Å². The van der Waals surface area contributed by atoms with Crippen LogP contribution in [0.2, 0.25) is 0 Å². The molecule has 0 aliphatic carbocycles. The number of benzene rings is 2. The molecule has 1 heterocycles. The van der Waals surface area contributed by atoms with Crippen molar-refractivity contribution in [2.45, 2.75) is 18.6 Å². The standard InChI is InChI=1S/C19H20N2O4/c1-25-15-9-7-14(8-10-15)21-18(23)11-16(19(21)24)20-12-17(22)13-5-3-2-4-6-13/h2-10,16-17,20,22H,11-12H2,1H3/p+1/t16-,17+/m1/s1. The Bertz CT molecular complexity index is 746. The van der Waals surface area contributed by atoms with Gasteiger partial charge in [0.15, 0.2) is 6.04 Å². The fourth-order valence-electron chi connectivity index (χ4n) is 2.95. The Kier molecular flexibility index (Phi) is 5.11. The number of carbonyl (C=O) groups is 2. The molecule has 0 spiro atoms. The number of quaternary nitrogens is 1. The molecule has 2 amide bonds. The first-order valence-corrected chi connectivity index (χ1v) is 8.17. The number of aliphatic hydroxyl groups excluding tert-OH is 1. The average molecular weight is 341 g/mol. The molecule has 2 aromatic carbocycles. The van der Waals surface area contributed by atoms with Gasteiger partial charge in [0, 0.05) is 0 Å². The van der Waals surface area contributed by atoms with Crippen molar-refractivity contribution in [3.8, 4) is 5.75 Å². The van der Waals surface area contributed by atoms with Crippen LogP contribution in [0, 0.1) is 0 Å². The van der Waals surface area contributed by atoms with Crippen molar-refractivity contribution >= 4 is 17.5 Å². The van der Waals surface area contributed by atoms with E-state index < -0.39 is 12.1 Å². The van der Waals surface area contributed by atoms with E-state index >= 15 is 0 Å². The lowest BCUT2D eigenvalue weighted by Gasteiger charge is -2.15. The summed E-state index contributed by atoms with van der Waals surface area (Å²) in [5.41, 5.74) is 1.33. The largest absolute Gasteiger partial charge is 0.497 e. The van der Waals surface area contributed by atoms with Gasteiger partial charge in [-0.3, -0.25) is 9.59 Å². The number of imide groups is 1. The van der Waals surface area contributed by atoms with Crippen molar-refractivity contribution in [2.75, 3.05) is 18.6 Å². The minimum atomic E-state index is -0.681. The zero-order valence-electron chi connectivity index (χ0n) is 14.0. The summed E-state index contributed by atoms with van der Waals surface area (Å²) in [4.78, 5) is 26.0. The second-order valence-electron chi connectivity index (χ2n) is 5.97. The molecule has 25 heavy (non-hydrogen) atoms. The minimum Gasteiger partial charge on any atom is -0.497 e. The Morgan fingerprint density at radius 1 is 1.16 bits per heavy atom. The van der Waals surface area contributed by atoms with E-state index in [1.165, 1.54) is 4.90 Å². The van der Waals surface area contributed by atoms with E-state index in [2.05, 4.69) is 0 Å². The number of amides is 2. The molecule has 2 atom stereocenters. The van der Waals surface area contributed by atoms with E-state index in [1.807, 2.05) is 30.3 Å². The van der Waals surface area contributed by atoms with Crippen molar-refractivity contribution in [1.29, 1.82) is 0 Å². The summed E-state index contributed by atoms with van der Waals surface area (Å²) >= 11 is 0. The van der Waals surface area contributed by atoms with Crippen LogP contribution in [0.4, 0.5) is 5.69 Å². The van der Waals surface area contributed by atoms with Gasteiger partial charge in [0.05, 0.1) is 19.2 Å². The van der Waals surface area contributed by atoms with Crippen molar-refractivity contribution in [2.24, 2.45) is 0 Å². The number of hydrogen-bond acceptors (Lipinski definition) is 4. The van der Waals surface area contributed by atoms with Crippen LogP contribution in [-0.2, 0) is 9.59 Å². The highest BCUT2D eigenvalue weighted by Crippen LogP contribution is 2.24. The predicted octanol–water partition coefficient (Wildman–Crippen LogP) is 0.624. The van der Waals surface area contributed by atoms with Gasteiger partial charge in [-0.15, -0.1) is 0 Å². The maximum atomic E-state index is 12.6. The summed E-state index contributed by atoms with van der Waals surface area (Å²) in [5.74, 6) is 0.179. The second kappa shape index (κ2) is 7.46. The zero-order chi connectivity index (χ0) is 17.8. The summed E-state index contributed by atoms with van der Waals surface area (Å²) < 4.78 is 5.09.